The highest BCUT2D eigenvalue weighted by Crippen LogP contribution is 2.49. The van der Waals surface area contributed by atoms with Crippen LogP contribution >= 0.6 is 45.2 Å². The van der Waals surface area contributed by atoms with Gasteiger partial charge in [0.1, 0.15) is 0 Å². The summed E-state index contributed by atoms with van der Waals surface area (Å²) in [5.41, 5.74) is -10.2. The molecule has 0 amide bonds. The van der Waals surface area contributed by atoms with Crippen molar-refractivity contribution in [2.24, 2.45) is 0 Å². The summed E-state index contributed by atoms with van der Waals surface area (Å²) >= 11 is 1.98. The largest absolute Gasteiger partial charge is 0.417 e. The van der Waals surface area contributed by atoms with Crippen molar-refractivity contribution in [3.63, 3.8) is 0 Å². The Morgan fingerprint density at radius 3 is 0.900 bits per heavy atom. The molecule has 2 rings (SSSR count). The van der Waals surface area contributed by atoms with Gasteiger partial charge in [-0.3, -0.25) is 0 Å². The summed E-state index contributed by atoms with van der Waals surface area (Å²) in [6.45, 7) is 0. The van der Waals surface area contributed by atoms with Crippen molar-refractivity contribution >= 4 is 45.2 Å². The van der Waals surface area contributed by atoms with Crippen LogP contribution in [0.15, 0.2) is 24.3 Å². The van der Waals surface area contributed by atoms with E-state index in [1.54, 1.807) is 0 Å². The molecular weight excluding hydrogens is 674 g/mol. The zero-order chi connectivity index (χ0) is 23.4. The van der Waals surface area contributed by atoms with Crippen LogP contribution in [-0.4, -0.2) is 0 Å². The molecule has 0 aliphatic carbocycles. The average Bonchev–Trinajstić information content (AvgIpc) is 2.50. The Hall–Kier alpha value is -0.940. The molecule has 0 nitrogen and oxygen atoms in total. The molecular formula is C16H4F12I2. The summed E-state index contributed by atoms with van der Waals surface area (Å²) in [6, 6.07) is -0.352. The van der Waals surface area contributed by atoms with Crippen LogP contribution in [-0.2, 0) is 24.7 Å². The zero-order valence-electron chi connectivity index (χ0n) is 13.6. The molecule has 2 aromatic carbocycles. The summed E-state index contributed by atoms with van der Waals surface area (Å²) in [4.78, 5) is 0. The topological polar surface area (TPSA) is 0 Å². The third-order valence-electron chi connectivity index (χ3n) is 3.70. The highest BCUT2D eigenvalue weighted by molar-refractivity contribution is 14.1. The first-order valence-corrected chi connectivity index (χ1v) is 9.36. The van der Waals surface area contributed by atoms with Crippen LogP contribution in [0.2, 0.25) is 0 Å². The van der Waals surface area contributed by atoms with Gasteiger partial charge in [-0.1, -0.05) is 0 Å². The van der Waals surface area contributed by atoms with Crippen molar-refractivity contribution < 1.29 is 52.7 Å². The number of rotatable bonds is 1. The lowest BCUT2D eigenvalue weighted by Gasteiger charge is -2.23. The average molecular weight is 678 g/mol. The molecule has 0 saturated carbocycles. The molecule has 0 fully saturated rings. The van der Waals surface area contributed by atoms with Gasteiger partial charge >= 0.3 is 24.7 Å². The molecule has 0 heterocycles. The minimum absolute atomic E-state index is 0.193. The van der Waals surface area contributed by atoms with Gasteiger partial charge in [-0.2, -0.15) is 52.7 Å². The molecule has 0 aromatic heterocycles. The molecule has 0 atom stereocenters. The van der Waals surface area contributed by atoms with Crippen LogP contribution in [0.4, 0.5) is 52.7 Å². The van der Waals surface area contributed by atoms with Gasteiger partial charge in [-0.05, 0) is 69.4 Å². The predicted octanol–water partition coefficient (Wildman–Crippen LogP) is 8.64. The third-order valence-corrected chi connectivity index (χ3v) is 5.40. The van der Waals surface area contributed by atoms with Crippen LogP contribution < -0.4 is 0 Å². The highest BCUT2D eigenvalue weighted by Gasteiger charge is 2.44. The van der Waals surface area contributed by atoms with Crippen molar-refractivity contribution in [3.05, 3.63) is 53.7 Å². The molecule has 0 aliphatic heterocycles. The van der Waals surface area contributed by atoms with E-state index in [0.29, 0.717) is 0 Å². The van der Waals surface area contributed by atoms with Gasteiger partial charge in [-0.15, -0.1) is 0 Å². The molecule has 0 bridgehead atoms. The Morgan fingerprint density at radius 1 is 0.433 bits per heavy atom. The first-order chi connectivity index (χ1) is 13.2. The fourth-order valence-corrected chi connectivity index (χ4v) is 4.29. The Labute approximate surface area is 186 Å². The van der Waals surface area contributed by atoms with Gasteiger partial charge in [0.05, 0.1) is 22.3 Å². The number of halogens is 14. The molecule has 30 heavy (non-hydrogen) atoms. The maximum absolute atomic E-state index is 13.5. The zero-order valence-corrected chi connectivity index (χ0v) is 17.9. The minimum atomic E-state index is -5.52. The Kier molecular flexibility index (Phi) is 6.65. The lowest BCUT2D eigenvalue weighted by molar-refractivity contribution is -0.145. The van der Waals surface area contributed by atoms with Crippen LogP contribution in [0.5, 0.6) is 0 Å². The fourth-order valence-electron chi connectivity index (χ4n) is 2.50. The van der Waals surface area contributed by atoms with E-state index < -0.39 is 65.2 Å². The Balaban J connectivity index is 3.04. The standard InChI is InChI=1S/C16H4F12I2/c17-13(18,19)5-1-7(15(23,24)25)11(9(29)3-5)12-8(16(26,27)28)2-6(4-10(12)30)14(20,21)22/h1-4H. The smallest absolute Gasteiger partial charge is 0.166 e. The maximum atomic E-state index is 13.5. The molecule has 166 valence electrons. The lowest BCUT2D eigenvalue weighted by atomic mass is 9.91. The van der Waals surface area contributed by atoms with E-state index in [-0.39, 0.29) is 24.3 Å². The molecule has 2 aromatic rings. The summed E-state index contributed by atoms with van der Waals surface area (Å²) in [5, 5.41) is 0. The van der Waals surface area contributed by atoms with E-state index in [9.17, 15) is 52.7 Å². The van der Waals surface area contributed by atoms with E-state index in [0.717, 1.165) is 45.2 Å². The summed E-state index contributed by atoms with van der Waals surface area (Å²) < 4.78 is 157. The predicted molar refractivity (Wildman–Crippen MR) is 97.3 cm³/mol. The summed E-state index contributed by atoms with van der Waals surface area (Å²) in [6.07, 6.45) is -21.5. The number of benzene rings is 2. The van der Waals surface area contributed by atoms with E-state index in [4.69, 9.17) is 0 Å². The molecule has 0 unspecified atom stereocenters. The number of hydrogen-bond acceptors (Lipinski definition) is 0. The molecule has 14 heteroatoms. The van der Waals surface area contributed by atoms with Gasteiger partial charge in [0.2, 0.25) is 0 Å². The third kappa shape index (κ3) is 5.27. The van der Waals surface area contributed by atoms with Gasteiger partial charge in [-0.25, -0.2) is 0 Å². The second-order valence-electron chi connectivity index (χ2n) is 5.75. The molecule has 0 spiro atoms. The SMILES string of the molecule is FC(F)(F)c1cc(I)c(-c2c(I)cc(C(F)(F)F)cc2C(F)(F)F)c(C(F)(F)F)c1. The quantitative estimate of drug-likeness (QED) is 0.210. The van der Waals surface area contributed by atoms with E-state index in [2.05, 4.69) is 0 Å². The van der Waals surface area contributed by atoms with E-state index in [1.807, 2.05) is 0 Å². The first kappa shape index (κ1) is 25.3. The second kappa shape index (κ2) is 7.88. The summed E-state index contributed by atoms with van der Waals surface area (Å²) in [5.74, 6) is 0. The van der Waals surface area contributed by atoms with Crippen molar-refractivity contribution in [3.8, 4) is 11.1 Å². The molecule has 0 saturated heterocycles. The molecule has 0 radical (unpaired) electrons. The van der Waals surface area contributed by atoms with E-state index in [1.165, 1.54) is 0 Å². The van der Waals surface area contributed by atoms with Gasteiger partial charge in [0, 0.05) is 18.3 Å². The lowest BCUT2D eigenvalue weighted by Crippen LogP contribution is -2.17. The van der Waals surface area contributed by atoms with Crippen LogP contribution in [0, 0.1) is 7.14 Å². The molecule has 0 N–H and O–H groups in total. The van der Waals surface area contributed by atoms with E-state index >= 15 is 0 Å². The first-order valence-electron chi connectivity index (χ1n) is 7.21. The van der Waals surface area contributed by atoms with Crippen molar-refractivity contribution in [1.82, 2.24) is 0 Å². The van der Waals surface area contributed by atoms with Crippen LogP contribution in [0.3, 0.4) is 0 Å². The van der Waals surface area contributed by atoms with Crippen molar-refractivity contribution in [1.29, 1.82) is 0 Å². The van der Waals surface area contributed by atoms with Crippen molar-refractivity contribution in [2.75, 3.05) is 0 Å². The highest BCUT2D eigenvalue weighted by atomic mass is 127. The maximum Gasteiger partial charge on any atom is 0.417 e. The van der Waals surface area contributed by atoms with Crippen LogP contribution in [0.1, 0.15) is 22.3 Å². The monoisotopic (exact) mass is 678 g/mol. The summed E-state index contributed by atoms with van der Waals surface area (Å²) in [7, 11) is 0. The van der Waals surface area contributed by atoms with Gasteiger partial charge in [0.25, 0.3) is 0 Å². The fraction of sp³-hybridized carbons (Fsp3) is 0.250. The normalized spacial score (nSPS) is 13.7. The number of hydrogen-bond donors (Lipinski definition) is 0. The van der Waals surface area contributed by atoms with Gasteiger partial charge < -0.3 is 0 Å². The van der Waals surface area contributed by atoms with Crippen LogP contribution in [0.25, 0.3) is 11.1 Å². The number of alkyl halides is 12. The Morgan fingerprint density at radius 2 is 0.700 bits per heavy atom. The minimum Gasteiger partial charge on any atom is -0.166 e. The van der Waals surface area contributed by atoms with Crippen molar-refractivity contribution in [2.45, 2.75) is 24.7 Å². The second-order valence-corrected chi connectivity index (χ2v) is 8.08. The van der Waals surface area contributed by atoms with Gasteiger partial charge in [0.15, 0.2) is 0 Å². The Bertz CT molecular complexity index is 885. The molecule has 0 aliphatic rings.